The fourth-order valence-corrected chi connectivity index (χ4v) is 1.49. The van der Waals surface area contributed by atoms with Gasteiger partial charge < -0.3 is 15.3 Å². The first-order valence-corrected chi connectivity index (χ1v) is 4.18. The van der Waals surface area contributed by atoms with Crippen LogP contribution in [0.2, 0.25) is 0 Å². The molecule has 0 bridgehead atoms. The zero-order chi connectivity index (χ0) is 10.0. The molecule has 72 valence electrons. The minimum absolute atomic E-state index is 0.0454. The van der Waals surface area contributed by atoms with Crippen molar-refractivity contribution >= 4 is 0 Å². The predicted molar refractivity (Wildman–Crippen MR) is 50.2 cm³/mol. The molecule has 0 heterocycles. The second kappa shape index (κ2) is 3.77. The summed E-state index contributed by atoms with van der Waals surface area (Å²) in [6.45, 7) is 3.25. The molecule has 3 nitrogen and oxygen atoms in total. The Bertz CT molecular complexity index is 283. The van der Waals surface area contributed by atoms with Crippen molar-refractivity contribution in [2.75, 3.05) is 0 Å². The second-order valence-corrected chi connectivity index (χ2v) is 3.02. The lowest BCUT2D eigenvalue weighted by atomic mass is 9.89. The van der Waals surface area contributed by atoms with Crippen LogP contribution in [0.5, 0.6) is 0 Å². The molecule has 1 aliphatic carbocycles. The van der Waals surface area contributed by atoms with Crippen LogP contribution in [0.3, 0.4) is 0 Å². The second-order valence-electron chi connectivity index (χ2n) is 3.02. The van der Waals surface area contributed by atoms with Crippen molar-refractivity contribution in [3.8, 4) is 0 Å². The molecule has 2 atom stereocenters. The van der Waals surface area contributed by atoms with Crippen LogP contribution in [0.4, 0.5) is 0 Å². The maximum Gasteiger partial charge on any atom is 0.101 e. The lowest BCUT2D eigenvalue weighted by Gasteiger charge is -2.23. The zero-order valence-electron chi connectivity index (χ0n) is 7.73. The smallest absolute Gasteiger partial charge is 0.101 e. The Morgan fingerprint density at radius 2 is 1.85 bits per heavy atom. The van der Waals surface area contributed by atoms with Crippen LogP contribution in [-0.4, -0.2) is 27.5 Å². The summed E-state index contributed by atoms with van der Waals surface area (Å²) in [6.07, 6.45) is 3.11. The number of hydrogen-bond acceptors (Lipinski definition) is 3. The first-order chi connectivity index (χ1) is 6.07. The third-order valence-corrected chi connectivity index (χ3v) is 2.10. The highest BCUT2D eigenvalue weighted by atomic mass is 16.3. The van der Waals surface area contributed by atoms with Crippen molar-refractivity contribution in [3.05, 3.63) is 35.1 Å². The van der Waals surface area contributed by atoms with Gasteiger partial charge in [-0.1, -0.05) is 18.2 Å². The van der Waals surface area contributed by atoms with Crippen molar-refractivity contribution < 1.29 is 15.3 Å². The van der Waals surface area contributed by atoms with E-state index >= 15 is 0 Å². The first kappa shape index (κ1) is 10.0. The molecule has 1 rings (SSSR count). The van der Waals surface area contributed by atoms with Crippen molar-refractivity contribution in [2.24, 2.45) is 0 Å². The maximum atomic E-state index is 9.50. The SMILES string of the molecule is C/C=C1\C(=C(/C)O)C(O)C=CC1O. The van der Waals surface area contributed by atoms with E-state index in [1.807, 2.05) is 0 Å². The Morgan fingerprint density at radius 1 is 1.31 bits per heavy atom. The summed E-state index contributed by atoms with van der Waals surface area (Å²) >= 11 is 0. The van der Waals surface area contributed by atoms with E-state index in [1.54, 1.807) is 13.0 Å². The molecule has 0 aromatic rings. The quantitative estimate of drug-likeness (QED) is 0.387. The summed E-state index contributed by atoms with van der Waals surface area (Å²) < 4.78 is 0. The molecule has 0 radical (unpaired) electrons. The highest BCUT2D eigenvalue weighted by molar-refractivity contribution is 5.45. The van der Waals surface area contributed by atoms with Gasteiger partial charge in [0, 0.05) is 5.57 Å². The van der Waals surface area contributed by atoms with Gasteiger partial charge in [0.2, 0.25) is 0 Å². The molecule has 3 N–H and O–H groups in total. The average Bonchev–Trinajstić information content (AvgIpc) is 2.07. The summed E-state index contributed by atoms with van der Waals surface area (Å²) in [5.74, 6) is 0.0454. The molecule has 0 aromatic carbocycles. The molecule has 1 aliphatic rings. The summed E-state index contributed by atoms with van der Waals surface area (Å²) in [5.41, 5.74) is 0.965. The average molecular weight is 182 g/mol. The molecule has 0 amide bonds. The zero-order valence-corrected chi connectivity index (χ0v) is 7.73. The van der Waals surface area contributed by atoms with Crippen LogP contribution in [0.15, 0.2) is 35.1 Å². The van der Waals surface area contributed by atoms with Crippen molar-refractivity contribution in [2.45, 2.75) is 26.1 Å². The summed E-state index contributed by atoms with van der Waals surface area (Å²) in [5, 5.41) is 28.3. The van der Waals surface area contributed by atoms with Gasteiger partial charge in [0.1, 0.15) is 6.10 Å². The number of aliphatic hydroxyl groups is 3. The van der Waals surface area contributed by atoms with E-state index in [0.717, 1.165) is 0 Å². The fourth-order valence-electron chi connectivity index (χ4n) is 1.49. The van der Waals surface area contributed by atoms with Crippen molar-refractivity contribution in [3.63, 3.8) is 0 Å². The van der Waals surface area contributed by atoms with Crippen LogP contribution in [0.25, 0.3) is 0 Å². The van der Waals surface area contributed by atoms with E-state index in [1.165, 1.54) is 19.1 Å². The molecular weight excluding hydrogens is 168 g/mol. The third kappa shape index (κ3) is 1.82. The van der Waals surface area contributed by atoms with Gasteiger partial charge in [0.25, 0.3) is 0 Å². The minimum Gasteiger partial charge on any atom is -0.512 e. The van der Waals surface area contributed by atoms with Gasteiger partial charge in [-0.05, 0) is 19.4 Å². The Labute approximate surface area is 77.3 Å². The number of allylic oxidation sites excluding steroid dienone is 2. The fraction of sp³-hybridized carbons (Fsp3) is 0.400. The molecule has 0 spiro atoms. The lowest BCUT2D eigenvalue weighted by Crippen LogP contribution is -2.23. The number of aliphatic hydroxyl groups excluding tert-OH is 3. The van der Waals surface area contributed by atoms with Crippen molar-refractivity contribution in [1.29, 1.82) is 0 Å². The minimum atomic E-state index is -0.820. The Morgan fingerprint density at radius 3 is 2.23 bits per heavy atom. The normalized spacial score (nSPS) is 35.2. The topological polar surface area (TPSA) is 60.7 Å². The molecule has 0 aliphatic heterocycles. The van der Waals surface area contributed by atoms with E-state index in [-0.39, 0.29) is 5.76 Å². The first-order valence-electron chi connectivity index (χ1n) is 4.18. The van der Waals surface area contributed by atoms with E-state index in [4.69, 9.17) is 0 Å². The molecule has 0 fully saturated rings. The molecule has 0 saturated carbocycles. The lowest BCUT2D eigenvalue weighted by molar-refractivity contribution is 0.212. The number of rotatable bonds is 0. The van der Waals surface area contributed by atoms with Gasteiger partial charge in [-0.2, -0.15) is 0 Å². The number of hydrogen-bond donors (Lipinski definition) is 3. The van der Waals surface area contributed by atoms with Gasteiger partial charge in [-0.25, -0.2) is 0 Å². The van der Waals surface area contributed by atoms with Crippen molar-refractivity contribution in [1.82, 2.24) is 0 Å². The van der Waals surface area contributed by atoms with Crippen LogP contribution >= 0.6 is 0 Å². The summed E-state index contributed by atoms with van der Waals surface area (Å²) in [6, 6.07) is 0. The van der Waals surface area contributed by atoms with E-state index < -0.39 is 12.2 Å². The van der Waals surface area contributed by atoms with E-state index in [0.29, 0.717) is 11.1 Å². The van der Waals surface area contributed by atoms with Gasteiger partial charge in [-0.15, -0.1) is 0 Å². The van der Waals surface area contributed by atoms with E-state index in [9.17, 15) is 15.3 Å². The summed E-state index contributed by atoms with van der Waals surface area (Å²) in [7, 11) is 0. The van der Waals surface area contributed by atoms with Crippen LogP contribution in [0, 0.1) is 0 Å². The van der Waals surface area contributed by atoms with Gasteiger partial charge in [-0.3, -0.25) is 0 Å². The van der Waals surface area contributed by atoms with Gasteiger partial charge >= 0.3 is 0 Å². The highest BCUT2D eigenvalue weighted by Crippen LogP contribution is 2.26. The predicted octanol–water partition coefficient (Wildman–Crippen LogP) is 1.06. The largest absolute Gasteiger partial charge is 0.512 e. The Hall–Kier alpha value is -1.06. The standard InChI is InChI=1S/C10H14O3/c1-3-7-8(12)4-5-9(13)10(7)6(2)11/h3-5,8-9,11-13H,1-2H3/b7-3-,10-6-. The molecule has 13 heavy (non-hydrogen) atoms. The molecule has 0 saturated heterocycles. The Kier molecular flexibility index (Phi) is 2.90. The molecule has 3 heteroatoms. The monoisotopic (exact) mass is 182 g/mol. The van der Waals surface area contributed by atoms with Crippen LogP contribution in [-0.2, 0) is 0 Å². The van der Waals surface area contributed by atoms with Crippen LogP contribution in [0.1, 0.15) is 13.8 Å². The molecule has 2 unspecified atom stereocenters. The van der Waals surface area contributed by atoms with Crippen LogP contribution < -0.4 is 0 Å². The Balaban J connectivity index is 3.19. The van der Waals surface area contributed by atoms with E-state index in [2.05, 4.69) is 0 Å². The van der Waals surface area contributed by atoms with Gasteiger partial charge in [0.15, 0.2) is 0 Å². The molecule has 0 aromatic heterocycles. The molecular formula is C10H14O3. The maximum absolute atomic E-state index is 9.50. The van der Waals surface area contributed by atoms with Gasteiger partial charge in [0.05, 0.1) is 11.9 Å². The highest BCUT2D eigenvalue weighted by Gasteiger charge is 2.24. The third-order valence-electron chi connectivity index (χ3n) is 2.10. The summed E-state index contributed by atoms with van der Waals surface area (Å²) in [4.78, 5) is 0.